The number of amides is 1. The highest BCUT2D eigenvalue weighted by atomic mass is 35.5. The van der Waals surface area contributed by atoms with Gasteiger partial charge in [-0.15, -0.1) is 11.8 Å². The number of carbonyl (C=O) groups excluding carboxylic acids is 1. The molecule has 6 heteroatoms. The summed E-state index contributed by atoms with van der Waals surface area (Å²) in [4.78, 5) is 18.4. The summed E-state index contributed by atoms with van der Waals surface area (Å²) in [5, 5.41) is 0.609. The smallest absolute Gasteiger partial charge is 0.235 e. The maximum Gasteiger partial charge on any atom is 0.235 e. The summed E-state index contributed by atoms with van der Waals surface area (Å²) in [6, 6.07) is 7.73. The first-order valence-electron chi connectivity index (χ1n) is 10.00. The van der Waals surface area contributed by atoms with Crippen molar-refractivity contribution in [2.75, 3.05) is 32.7 Å². The van der Waals surface area contributed by atoms with Crippen LogP contribution < -0.4 is 0 Å². The van der Waals surface area contributed by atoms with Gasteiger partial charge in [0.05, 0.1) is 22.5 Å². The summed E-state index contributed by atoms with van der Waals surface area (Å²) in [7, 11) is 0. The van der Waals surface area contributed by atoms with E-state index in [9.17, 15) is 4.79 Å². The van der Waals surface area contributed by atoms with Crippen LogP contribution in [0, 0.1) is 5.92 Å². The number of nitrogens with zero attached hydrogens (tertiary/aromatic N) is 2. The van der Waals surface area contributed by atoms with Crippen LogP contribution in [0.4, 0.5) is 0 Å². The fraction of sp³-hybridized carbons (Fsp3) is 0.667. The average molecular weight is 411 g/mol. The van der Waals surface area contributed by atoms with Crippen molar-refractivity contribution in [3.63, 3.8) is 0 Å². The van der Waals surface area contributed by atoms with Crippen molar-refractivity contribution in [1.82, 2.24) is 9.80 Å². The van der Waals surface area contributed by atoms with Crippen molar-refractivity contribution in [3.8, 4) is 0 Å². The Morgan fingerprint density at radius 2 is 1.85 bits per heavy atom. The Bertz CT molecular complexity index is 626. The lowest BCUT2D eigenvalue weighted by atomic mass is 9.95. The van der Waals surface area contributed by atoms with Crippen molar-refractivity contribution < 1.29 is 9.53 Å². The third-order valence-corrected chi connectivity index (χ3v) is 7.03. The number of ether oxygens (including phenoxy) is 1. The predicted octanol–water partition coefficient (Wildman–Crippen LogP) is 4.17. The van der Waals surface area contributed by atoms with Gasteiger partial charge in [-0.1, -0.05) is 23.7 Å². The van der Waals surface area contributed by atoms with E-state index in [-0.39, 0.29) is 11.2 Å². The minimum absolute atomic E-state index is 0.109. The van der Waals surface area contributed by atoms with Gasteiger partial charge in [0.1, 0.15) is 0 Å². The van der Waals surface area contributed by atoms with Crippen LogP contribution in [0.2, 0.25) is 5.02 Å². The normalized spacial score (nSPS) is 26.1. The van der Waals surface area contributed by atoms with E-state index in [0.717, 1.165) is 55.5 Å². The molecule has 1 aromatic rings. The van der Waals surface area contributed by atoms with E-state index in [2.05, 4.69) is 18.7 Å². The number of morpholine rings is 1. The quantitative estimate of drug-likeness (QED) is 0.682. The molecular weight excluding hydrogens is 380 g/mol. The second-order valence-corrected chi connectivity index (χ2v) is 9.72. The third-order valence-electron chi connectivity index (χ3n) is 5.43. The molecule has 150 valence electrons. The lowest BCUT2D eigenvalue weighted by molar-refractivity contribution is -0.131. The maximum atomic E-state index is 12.8. The number of carbonyl (C=O) groups is 1. The Labute approximate surface area is 172 Å². The Kier molecular flexibility index (Phi) is 7.49. The van der Waals surface area contributed by atoms with Gasteiger partial charge in [-0.05, 0) is 51.7 Å². The van der Waals surface area contributed by atoms with Gasteiger partial charge >= 0.3 is 0 Å². The zero-order chi connectivity index (χ0) is 19.4. The van der Waals surface area contributed by atoms with Crippen molar-refractivity contribution >= 4 is 29.3 Å². The summed E-state index contributed by atoms with van der Waals surface area (Å²) < 4.78 is 5.83. The summed E-state index contributed by atoms with van der Waals surface area (Å²) in [6.07, 6.45) is 2.82. The van der Waals surface area contributed by atoms with E-state index in [1.54, 1.807) is 11.8 Å². The molecule has 0 N–H and O–H groups in total. The van der Waals surface area contributed by atoms with Gasteiger partial charge in [0.2, 0.25) is 5.91 Å². The van der Waals surface area contributed by atoms with Crippen LogP contribution in [0.15, 0.2) is 29.2 Å². The van der Waals surface area contributed by atoms with E-state index < -0.39 is 0 Å². The highest BCUT2D eigenvalue weighted by Gasteiger charge is 2.29. The molecule has 0 saturated carbocycles. The molecule has 3 atom stereocenters. The van der Waals surface area contributed by atoms with E-state index in [0.29, 0.717) is 18.1 Å². The minimum Gasteiger partial charge on any atom is -0.373 e. The van der Waals surface area contributed by atoms with Crippen molar-refractivity contribution in [1.29, 1.82) is 0 Å². The number of likely N-dealkylation sites (tertiary alicyclic amines) is 1. The number of hydrogen-bond acceptors (Lipinski definition) is 4. The molecule has 27 heavy (non-hydrogen) atoms. The topological polar surface area (TPSA) is 32.8 Å². The molecule has 0 aromatic heterocycles. The first-order chi connectivity index (χ1) is 12.9. The van der Waals surface area contributed by atoms with E-state index >= 15 is 0 Å². The Hall–Kier alpha value is -0.750. The maximum absolute atomic E-state index is 12.8. The molecule has 3 unspecified atom stereocenters. The molecular formula is C21H31ClN2O2S. The SMILES string of the molecule is CC1CN(CC2CCN(C(=O)C(C)Sc3ccccc3Cl)CC2)CC(C)O1. The van der Waals surface area contributed by atoms with Crippen molar-refractivity contribution in [3.05, 3.63) is 29.3 Å². The molecule has 3 rings (SSSR count). The second-order valence-electron chi connectivity index (χ2n) is 7.94. The predicted molar refractivity (Wildman–Crippen MR) is 113 cm³/mol. The third kappa shape index (κ3) is 5.86. The van der Waals surface area contributed by atoms with Crippen LogP contribution in [-0.4, -0.2) is 65.9 Å². The van der Waals surface area contributed by atoms with Gasteiger partial charge in [-0.3, -0.25) is 9.69 Å². The monoisotopic (exact) mass is 410 g/mol. The van der Waals surface area contributed by atoms with Gasteiger partial charge < -0.3 is 9.64 Å². The summed E-state index contributed by atoms with van der Waals surface area (Å²) in [6.45, 7) is 11.2. The van der Waals surface area contributed by atoms with E-state index in [1.165, 1.54) is 0 Å². The lowest BCUT2D eigenvalue weighted by Gasteiger charge is -2.39. The standard InChI is InChI=1S/C21H31ClN2O2S/c1-15-12-23(13-16(2)26-15)14-18-8-10-24(11-9-18)21(25)17(3)27-20-7-5-4-6-19(20)22/h4-7,15-18H,8-14H2,1-3H3. The number of thioether (sulfide) groups is 1. The van der Waals surface area contributed by atoms with E-state index in [4.69, 9.17) is 16.3 Å². The molecule has 2 aliphatic rings. The summed E-state index contributed by atoms with van der Waals surface area (Å²) in [5.41, 5.74) is 0. The fourth-order valence-electron chi connectivity index (χ4n) is 4.17. The number of benzene rings is 1. The van der Waals surface area contributed by atoms with Gasteiger partial charge in [0.15, 0.2) is 0 Å². The average Bonchev–Trinajstić information content (AvgIpc) is 2.63. The van der Waals surface area contributed by atoms with Crippen LogP contribution in [-0.2, 0) is 9.53 Å². The molecule has 2 saturated heterocycles. The number of halogens is 1. The van der Waals surface area contributed by atoms with Gasteiger partial charge in [0.25, 0.3) is 0 Å². The molecule has 2 aliphatic heterocycles. The Balaban J connectivity index is 1.45. The highest BCUT2D eigenvalue weighted by Crippen LogP contribution is 2.31. The molecule has 0 bridgehead atoms. The zero-order valence-corrected chi connectivity index (χ0v) is 18.1. The second kappa shape index (κ2) is 9.64. The molecule has 4 nitrogen and oxygen atoms in total. The highest BCUT2D eigenvalue weighted by molar-refractivity contribution is 8.00. The molecule has 1 aromatic carbocycles. The first kappa shape index (κ1) is 21.0. The Morgan fingerprint density at radius 3 is 2.48 bits per heavy atom. The van der Waals surface area contributed by atoms with Crippen LogP contribution in [0.25, 0.3) is 0 Å². The molecule has 0 aliphatic carbocycles. The van der Waals surface area contributed by atoms with Gasteiger partial charge in [-0.25, -0.2) is 0 Å². The first-order valence-corrected chi connectivity index (χ1v) is 11.3. The number of piperidine rings is 1. The molecule has 0 spiro atoms. The summed E-state index contributed by atoms with van der Waals surface area (Å²) >= 11 is 7.79. The number of rotatable bonds is 5. The van der Waals surface area contributed by atoms with Gasteiger partial charge in [-0.2, -0.15) is 0 Å². The van der Waals surface area contributed by atoms with Crippen molar-refractivity contribution in [2.45, 2.75) is 56.0 Å². The zero-order valence-electron chi connectivity index (χ0n) is 16.6. The minimum atomic E-state index is -0.109. The largest absolute Gasteiger partial charge is 0.373 e. The van der Waals surface area contributed by atoms with Crippen LogP contribution in [0.3, 0.4) is 0 Å². The molecule has 2 heterocycles. The van der Waals surface area contributed by atoms with E-state index in [1.807, 2.05) is 36.1 Å². The number of hydrogen-bond donors (Lipinski definition) is 0. The molecule has 2 fully saturated rings. The van der Waals surface area contributed by atoms with Crippen LogP contribution in [0.5, 0.6) is 0 Å². The Morgan fingerprint density at radius 1 is 1.22 bits per heavy atom. The van der Waals surface area contributed by atoms with Crippen LogP contribution >= 0.6 is 23.4 Å². The van der Waals surface area contributed by atoms with Gasteiger partial charge in [0, 0.05) is 37.6 Å². The fourth-order valence-corrected chi connectivity index (χ4v) is 5.41. The van der Waals surface area contributed by atoms with Crippen LogP contribution in [0.1, 0.15) is 33.6 Å². The van der Waals surface area contributed by atoms with Crippen molar-refractivity contribution in [2.24, 2.45) is 5.92 Å². The summed E-state index contributed by atoms with van der Waals surface area (Å²) in [5.74, 6) is 0.907. The molecule has 1 amide bonds. The lowest BCUT2D eigenvalue weighted by Crippen LogP contribution is -2.49. The molecule has 0 radical (unpaired) electrons.